The van der Waals surface area contributed by atoms with Crippen LogP contribution in [0.25, 0.3) is 0 Å². The van der Waals surface area contributed by atoms with Gasteiger partial charge in [-0.15, -0.1) is 12.4 Å². The van der Waals surface area contributed by atoms with E-state index in [-0.39, 0.29) is 35.6 Å². The SMILES string of the molecule is Cc1cc([N+](=O)[O-])cc(S(=O)(=O)N2CC[C@H](N)C2)c1C.Cl. The molecular weight excluding hydrogens is 318 g/mol. The van der Waals surface area contributed by atoms with Crippen LogP contribution in [-0.2, 0) is 10.0 Å². The zero-order chi connectivity index (χ0) is 15.1. The molecule has 0 aromatic heterocycles. The van der Waals surface area contributed by atoms with Crippen LogP contribution < -0.4 is 5.73 Å². The topological polar surface area (TPSA) is 107 Å². The molecule has 7 nitrogen and oxygen atoms in total. The summed E-state index contributed by atoms with van der Waals surface area (Å²) in [5.41, 5.74) is 6.64. The van der Waals surface area contributed by atoms with E-state index in [4.69, 9.17) is 5.73 Å². The predicted octanol–water partition coefficient (Wildman–Crippen LogP) is 1.36. The van der Waals surface area contributed by atoms with Crippen molar-refractivity contribution in [3.8, 4) is 0 Å². The third-order valence-electron chi connectivity index (χ3n) is 3.62. The van der Waals surface area contributed by atoms with Crippen LogP contribution in [0.4, 0.5) is 5.69 Å². The van der Waals surface area contributed by atoms with Crippen LogP contribution in [0.3, 0.4) is 0 Å². The molecule has 0 amide bonds. The van der Waals surface area contributed by atoms with Crippen molar-refractivity contribution < 1.29 is 13.3 Å². The summed E-state index contributed by atoms with van der Waals surface area (Å²) in [6, 6.07) is 2.33. The molecule has 1 heterocycles. The van der Waals surface area contributed by atoms with Crippen LogP contribution in [0.15, 0.2) is 17.0 Å². The van der Waals surface area contributed by atoms with E-state index in [0.29, 0.717) is 24.1 Å². The minimum atomic E-state index is -3.73. The van der Waals surface area contributed by atoms with Crippen LogP contribution in [0.5, 0.6) is 0 Å². The van der Waals surface area contributed by atoms with E-state index in [2.05, 4.69) is 0 Å². The number of nitrogens with zero attached hydrogens (tertiary/aromatic N) is 2. The second-order valence-corrected chi connectivity index (χ2v) is 6.96. The summed E-state index contributed by atoms with van der Waals surface area (Å²) in [4.78, 5) is 10.3. The van der Waals surface area contributed by atoms with Gasteiger partial charge in [0.2, 0.25) is 10.0 Å². The summed E-state index contributed by atoms with van der Waals surface area (Å²) in [6.07, 6.45) is 0.603. The lowest BCUT2D eigenvalue weighted by atomic mass is 10.1. The van der Waals surface area contributed by atoms with Gasteiger partial charge in [0.15, 0.2) is 0 Å². The van der Waals surface area contributed by atoms with E-state index in [1.165, 1.54) is 10.4 Å². The Bertz CT molecular complexity index is 663. The van der Waals surface area contributed by atoms with E-state index in [0.717, 1.165) is 6.07 Å². The van der Waals surface area contributed by atoms with Crippen molar-refractivity contribution >= 4 is 28.1 Å². The van der Waals surface area contributed by atoms with Crippen molar-refractivity contribution in [2.75, 3.05) is 13.1 Å². The van der Waals surface area contributed by atoms with Crippen molar-refractivity contribution in [2.24, 2.45) is 5.73 Å². The number of benzene rings is 1. The van der Waals surface area contributed by atoms with Gasteiger partial charge in [-0.2, -0.15) is 4.31 Å². The van der Waals surface area contributed by atoms with Crippen LogP contribution in [0.1, 0.15) is 17.5 Å². The monoisotopic (exact) mass is 335 g/mol. The second kappa shape index (κ2) is 6.27. The van der Waals surface area contributed by atoms with Crippen molar-refractivity contribution in [3.63, 3.8) is 0 Å². The first-order valence-electron chi connectivity index (χ1n) is 6.25. The summed E-state index contributed by atoms with van der Waals surface area (Å²) in [6.45, 7) is 3.92. The fraction of sp³-hybridized carbons (Fsp3) is 0.500. The molecule has 9 heteroatoms. The van der Waals surface area contributed by atoms with Crippen molar-refractivity contribution in [2.45, 2.75) is 31.2 Å². The summed E-state index contributed by atoms with van der Waals surface area (Å²) < 4.78 is 26.4. The number of sulfonamides is 1. The average molecular weight is 336 g/mol. The molecule has 0 aliphatic carbocycles. The van der Waals surface area contributed by atoms with Gasteiger partial charge in [0.05, 0.1) is 9.82 Å². The van der Waals surface area contributed by atoms with Crippen molar-refractivity contribution in [1.29, 1.82) is 0 Å². The maximum absolute atomic E-state index is 12.6. The Morgan fingerprint density at radius 1 is 1.38 bits per heavy atom. The molecule has 1 aliphatic heterocycles. The van der Waals surface area contributed by atoms with Crippen molar-refractivity contribution in [3.05, 3.63) is 33.4 Å². The fourth-order valence-corrected chi connectivity index (χ4v) is 4.12. The molecule has 0 saturated carbocycles. The Balaban J connectivity index is 0.00000220. The Kier molecular flexibility index (Phi) is 5.32. The smallest absolute Gasteiger partial charge is 0.271 e. The van der Waals surface area contributed by atoms with E-state index in [1.54, 1.807) is 13.8 Å². The van der Waals surface area contributed by atoms with Gasteiger partial charge < -0.3 is 5.73 Å². The molecule has 1 saturated heterocycles. The molecule has 0 spiro atoms. The lowest BCUT2D eigenvalue weighted by Crippen LogP contribution is -2.32. The standard InChI is InChI=1S/C12H17N3O4S.ClH/c1-8-5-11(15(16)17)6-12(9(8)2)20(18,19)14-4-3-10(13)7-14;/h5-6,10H,3-4,7,13H2,1-2H3;1H/t10-;/m0./s1. The number of aryl methyl sites for hydroxylation is 1. The zero-order valence-corrected chi connectivity index (χ0v) is 13.4. The average Bonchev–Trinajstić information content (AvgIpc) is 2.79. The summed E-state index contributed by atoms with van der Waals surface area (Å²) in [5.74, 6) is 0. The molecule has 1 aromatic carbocycles. The molecule has 0 unspecified atom stereocenters. The van der Waals surface area contributed by atoms with E-state index in [1.807, 2.05) is 0 Å². The van der Waals surface area contributed by atoms with Gasteiger partial charge in [0, 0.05) is 31.3 Å². The molecule has 2 N–H and O–H groups in total. The Morgan fingerprint density at radius 2 is 2.00 bits per heavy atom. The summed E-state index contributed by atoms with van der Waals surface area (Å²) in [7, 11) is -3.73. The third-order valence-corrected chi connectivity index (χ3v) is 5.61. The molecule has 2 rings (SSSR count). The second-order valence-electron chi connectivity index (χ2n) is 5.05. The largest absolute Gasteiger partial charge is 0.326 e. The summed E-state index contributed by atoms with van der Waals surface area (Å²) in [5, 5.41) is 10.9. The number of nitro groups is 1. The zero-order valence-electron chi connectivity index (χ0n) is 11.8. The van der Waals surface area contributed by atoms with E-state index >= 15 is 0 Å². The first-order valence-corrected chi connectivity index (χ1v) is 7.69. The number of nitrogens with two attached hydrogens (primary N) is 1. The van der Waals surface area contributed by atoms with Gasteiger partial charge in [-0.1, -0.05) is 0 Å². The molecule has 0 bridgehead atoms. The quantitative estimate of drug-likeness (QED) is 0.663. The minimum absolute atomic E-state index is 0. The van der Waals surface area contributed by atoms with E-state index in [9.17, 15) is 18.5 Å². The first kappa shape index (κ1) is 17.8. The van der Waals surface area contributed by atoms with Crippen LogP contribution in [-0.4, -0.2) is 36.8 Å². The lowest BCUT2D eigenvalue weighted by molar-refractivity contribution is -0.385. The van der Waals surface area contributed by atoms with Gasteiger partial charge in [-0.3, -0.25) is 10.1 Å². The van der Waals surface area contributed by atoms with Crippen LogP contribution in [0, 0.1) is 24.0 Å². The van der Waals surface area contributed by atoms with Gasteiger partial charge in [0.25, 0.3) is 5.69 Å². The highest BCUT2D eigenvalue weighted by Crippen LogP contribution is 2.29. The van der Waals surface area contributed by atoms with Gasteiger partial charge >= 0.3 is 0 Å². The van der Waals surface area contributed by atoms with Crippen LogP contribution >= 0.6 is 12.4 Å². The Morgan fingerprint density at radius 3 is 2.48 bits per heavy atom. The maximum Gasteiger partial charge on any atom is 0.271 e. The number of non-ortho nitro benzene ring substituents is 1. The minimum Gasteiger partial charge on any atom is -0.326 e. The predicted molar refractivity (Wildman–Crippen MR) is 81.2 cm³/mol. The van der Waals surface area contributed by atoms with Gasteiger partial charge in [-0.25, -0.2) is 8.42 Å². The molecule has 118 valence electrons. The van der Waals surface area contributed by atoms with Gasteiger partial charge in [0.1, 0.15) is 0 Å². The maximum atomic E-state index is 12.6. The molecule has 1 aromatic rings. The Hall–Kier alpha value is -1.22. The Labute approximate surface area is 129 Å². The van der Waals surface area contributed by atoms with Crippen LogP contribution in [0.2, 0.25) is 0 Å². The third kappa shape index (κ3) is 3.34. The number of nitro benzene ring substituents is 1. The lowest BCUT2D eigenvalue weighted by Gasteiger charge is -2.18. The van der Waals surface area contributed by atoms with Crippen molar-refractivity contribution in [1.82, 2.24) is 4.31 Å². The molecule has 1 aliphatic rings. The normalized spacial score (nSPS) is 19.3. The highest BCUT2D eigenvalue weighted by Gasteiger charge is 2.33. The van der Waals surface area contributed by atoms with E-state index < -0.39 is 14.9 Å². The summed E-state index contributed by atoms with van der Waals surface area (Å²) >= 11 is 0. The molecule has 1 atom stereocenters. The molecule has 21 heavy (non-hydrogen) atoms. The van der Waals surface area contributed by atoms with Gasteiger partial charge in [-0.05, 0) is 31.4 Å². The number of hydrogen-bond acceptors (Lipinski definition) is 5. The molecular formula is C12H18ClN3O4S. The first-order chi connectivity index (χ1) is 9.23. The number of rotatable bonds is 3. The highest BCUT2D eigenvalue weighted by atomic mass is 35.5. The molecule has 1 fully saturated rings. The highest BCUT2D eigenvalue weighted by molar-refractivity contribution is 7.89. The number of hydrogen-bond donors (Lipinski definition) is 1. The fourth-order valence-electron chi connectivity index (χ4n) is 2.29. The number of halogens is 1. The molecule has 0 radical (unpaired) electrons.